The second-order valence-corrected chi connectivity index (χ2v) is 7.74. The highest BCUT2D eigenvalue weighted by Crippen LogP contribution is 2.28. The summed E-state index contributed by atoms with van der Waals surface area (Å²) in [6.07, 6.45) is 1.37. The zero-order valence-electron chi connectivity index (χ0n) is 16.0. The number of nitro groups is 1. The molecule has 2 heterocycles. The molecule has 0 spiro atoms. The van der Waals surface area contributed by atoms with E-state index in [0.717, 1.165) is 19.4 Å². The molecule has 1 unspecified atom stereocenters. The SMILES string of the molecule is CN(C(=O)OC(C)(C)C)C1CCCN(c2nc3cc([N+](=O)[O-])ccc3o2)C1. The van der Waals surface area contributed by atoms with Crippen LogP contribution in [0.1, 0.15) is 33.6 Å². The lowest BCUT2D eigenvalue weighted by Crippen LogP contribution is -2.49. The summed E-state index contributed by atoms with van der Waals surface area (Å²) in [6, 6.07) is 4.73. The van der Waals surface area contributed by atoms with E-state index in [1.165, 1.54) is 12.1 Å². The Kier molecular flexibility index (Phi) is 4.95. The van der Waals surface area contributed by atoms with Crippen molar-refractivity contribution in [3.05, 3.63) is 28.3 Å². The van der Waals surface area contributed by atoms with E-state index in [-0.39, 0.29) is 17.8 Å². The number of anilines is 1. The molecule has 1 aliphatic heterocycles. The average Bonchev–Trinajstić information content (AvgIpc) is 3.03. The first-order chi connectivity index (χ1) is 12.6. The molecule has 0 saturated carbocycles. The first kappa shape index (κ1) is 18.9. The number of ether oxygens (including phenoxy) is 1. The summed E-state index contributed by atoms with van der Waals surface area (Å²) in [4.78, 5) is 30.8. The lowest BCUT2D eigenvalue weighted by molar-refractivity contribution is -0.384. The second-order valence-electron chi connectivity index (χ2n) is 7.74. The van der Waals surface area contributed by atoms with Gasteiger partial charge in [0, 0.05) is 32.3 Å². The van der Waals surface area contributed by atoms with Crippen LogP contribution in [0.25, 0.3) is 11.1 Å². The summed E-state index contributed by atoms with van der Waals surface area (Å²) in [7, 11) is 1.73. The van der Waals surface area contributed by atoms with Crippen LogP contribution in [0.4, 0.5) is 16.5 Å². The summed E-state index contributed by atoms with van der Waals surface area (Å²) < 4.78 is 11.2. The summed E-state index contributed by atoms with van der Waals surface area (Å²) in [5.41, 5.74) is 0.373. The number of fused-ring (bicyclic) bond motifs is 1. The number of piperidine rings is 1. The molecule has 1 saturated heterocycles. The topological polar surface area (TPSA) is 102 Å². The molecule has 2 aromatic rings. The van der Waals surface area contributed by atoms with Crippen molar-refractivity contribution < 1.29 is 18.9 Å². The van der Waals surface area contributed by atoms with Crippen LogP contribution in [-0.2, 0) is 4.74 Å². The van der Waals surface area contributed by atoms with Crippen molar-refractivity contribution >= 4 is 28.9 Å². The Bertz CT molecular complexity index is 857. The fraction of sp³-hybridized carbons (Fsp3) is 0.556. The van der Waals surface area contributed by atoms with Crippen molar-refractivity contribution in [2.75, 3.05) is 25.0 Å². The number of benzene rings is 1. The molecule has 0 radical (unpaired) electrons. The quantitative estimate of drug-likeness (QED) is 0.596. The van der Waals surface area contributed by atoms with Crippen LogP contribution >= 0.6 is 0 Å². The number of oxazole rings is 1. The Morgan fingerprint density at radius 1 is 1.44 bits per heavy atom. The summed E-state index contributed by atoms with van der Waals surface area (Å²) >= 11 is 0. The van der Waals surface area contributed by atoms with Gasteiger partial charge in [0.2, 0.25) is 0 Å². The van der Waals surface area contributed by atoms with E-state index >= 15 is 0 Å². The van der Waals surface area contributed by atoms with Gasteiger partial charge < -0.3 is 19.0 Å². The van der Waals surface area contributed by atoms with Crippen LogP contribution in [0.3, 0.4) is 0 Å². The second kappa shape index (κ2) is 7.05. The normalized spacial score (nSPS) is 17.8. The maximum absolute atomic E-state index is 12.3. The third-order valence-corrected chi connectivity index (χ3v) is 4.47. The predicted molar refractivity (Wildman–Crippen MR) is 99.9 cm³/mol. The Hall–Kier alpha value is -2.84. The number of nitrogens with zero attached hydrogens (tertiary/aromatic N) is 4. The molecule has 27 heavy (non-hydrogen) atoms. The van der Waals surface area contributed by atoms with Crippen molar-refractivity contribution in [2.24, 2.45) is 0 Å². The van der Waals surface area contributed by atoms with Gasteiger partial charge in [-0.2, -0.15) is 4.98 Å². The molecule has 9 heteroatoms. The zero-order valence-corrected chi connectivity index (χ0v) is 16.0. The molecular weight excluding hydrogens is 352 g/mol. The first-order valence-electron chi connectivity index (χ1n) is 8.90. The number of rotatable bonds is 3. The van der Waals surface area contributed by atoms with E-state index in [2.05, 4.69) is 4.98 Å². The maximum Gasteiger partial charge on any atom is 0.410 e. The molecule has 0 bridgehead atoms. The predicted octanol–water partition coefficient (Wildman–Crippen LogP) is 3.57. The van der Waals surface area contributed by atoms with Gasteiger partial charge in [-0.05, 0) is 39.7 Å². The van der Waals surface area contributed by atoms with Gasteiger partial charge in [-0.25, -0.2) is 4.79 Å². The maximum atomic E-state index is 12.3. The summed E-state index contributed by atoms with van der Waals surface area (Å²) in [5.74, 6) is 0. The number of amides is 1. The minimum atomic E-state index is -0.547. The van der Waals surface area contributed by atoms with Gasteiger partial charge in [-0.1, -0.05) is 0 Å². The molecule has 1 aliphatic rings. The van der Waals surface area contributed by atoms with Gasteiger partial charge in [-0.3, -0.25) is 10.1 Å². The molecule has 9 nitrogen and oxygen atoms in total. The number of nitro benzene ring substituents is 1. The smallest absolute Gasteiger partial charge is 0.410 e. The average molecular weight is 376 g/mol. The first-order valence-corrected chi connectivity index (χ1v) is 8.90. The number of hydrogen-bond acceptors (Lipinski definition) is 7. The highest BCUT2D eigenvalue weighted by molar-refractivity contribution is 5.77. The molecule has 0 aliphatic carbocycles. The number of aromatic nitrogens is 1. The fourth-order valence-corrected chi connectivity index (χ4v) is 3.08. The van der Waals surface area contributed by atoms with Crippen molar-refractivity contribution in [3.63, 3.8) is 0 Å². The minimum Gasteiger partial charge on any atom is -0.444 e. The van der Waals surface area contributed by atoms with E-state index in [9.17, 15) is 14.9 Å². The summed E-state index contributed by atoms with van der Waals surface area (Å²) in [6.45, 7) is 6.81. The highest BCUT2D eigenvalue weighted by atomic mass is 16.6. The van der Waals surface area contributed by atoms with Gasteiger partial charge in [0.05, 0.1) is 11.0 Å². The van der Waals surface area contributed by atoms with Crippen LogP contribution in [-0.4, -0.2) is 52.7 Å². The Morgan fingerprint density at radius 2 is 2.19 bits per heavy atom. The van der Waals surface area contributed by atoms with E-state index < -0.39 is 10.5 Å². The Morgan fingerprint density at radius 3 is 2.85 bits per heavy atom. The fourth-order valence-electron chi connectivity index (χ4n) is 3.08. The van der Waals surface area contributed by atoms with Crippen LogP contribution in [0.2, 0.25) is 0 Å². The van der Waals surface area contributed by atoms with Crippen molar-refractivity contribution in [1.82, 2.24) is 9.88 Å². The van der Waals surface area contributed by atoms with Crippen molar-refractivity contribution in [2.45, 2.75) is 45.3 Å². The van der Waals surface area contributed by atoms with E-state index in [1.54, 1.807) is 18.0 Å². The molecule has 1 amide bonds. The molecular formula is C18H24N4O5. The monoisotopic (exact) mass is 376 g/mol. The van der Waals surface area contributed by atoms with E-state index in [4.69, 9.17) is 9.15 Å². The van der Waals surface area contributed by atoms with Gasteiger partial charge >= 0.3 is 6.09 Å². The van der Waals surface area contributed by atoms with E-state index in [1.807, 2.05) is 25.7 Å². The lowest BCUT2D eigenvalue weighted by atomic mass is 10.1. The lowest BCUT2D eigenvalue weighted by Gasteiger charge is -2.37. The van der Waals surface area contributed by atoms with Gasteiger partial charge in [0.1, 0.15) is 11.1 Å². The number of non-ortho nitro benzene ring substituents is 1. The Balaban J connectivity index is 1.75. The standard InChI is InChI=1S/C18H24N4O5/c1-18(2,3)27-17(23)20(4)13-6-5-9-21(11-13)16-19-14-10-12(22(24)25)7-8-15(14)26-16/h7-8,10,13H,5-6,9,11H2,1-4H3. The molecule has 1 atom stereocenters. The van der Waals surface area contributed by atoms with Crippen LogP contribution < -0.4 is 4.90 Å². The molecule has 1 aromatic heterocycles. The Labute approximate surface area is 157 Å². The van der Waals surface area contributed by atoms with Gasteiger partial charge in [0.15, 0.2) is 5.58 Å². The molecule has 3 rings (SSSR count). The third kappa shape index (κ3) is 4.29. The molecule has 146 valence electrons. The number of hydrogen-bond donors (Lipinski definition) is 0. The number of likely N-dealkylation sites (N-methyl/N-ethyl adjacent to an activating group) is 1. The number of carbonyl (C=O) groups excluding carboxylic acids is 1. The van der Waals surface area contributed by atoms with Gasteiger partial charge in [0.25, 0.3) is 11.7 Å². The molecule has 1 aromatic carbocycles. The van der Waals surface area contributed by atoms with Gasteiger partial charge in [-0.15, -0.1) is 0 Å². The molecule has 1 fully saturated rings. The third-order valence-electron chi connectivity index (χ3n) is 4.47. The molecule has 0 N–H and O–H groups in total. The number of carbonyl (C=O) groups is 1. The van der Waals surface area contributed by atoms with Crippen molar-refractivity contribution in [1.29, 1.82) is 0 Å². The van der Waals surface area contributed by atoms with Crippen LogP contribution in [0.15, 0.2) is 22.6 Å². The van der Waals surface area contributed by atoms with Crippen LogP contribution in [0, 0.1) is 10.1 Å². The summed E-state index contributed by atoms with van der Waals surface area (Å²) in [5, 5.41) is 10.9. The zero-order chi connectivity index (χ0) is 19.8. The van der Waals surface area contributed by atoms with Crippen molar-refractivity contribution in [3.8, 4) is 0 Å². The highest BCUT2D eigenvalue weighted by Gasteiger charge is 2.30. The largest absolute Gasteiger partial charge is 0.444 e. The van der Waals surface area contributed by atoms with Crippen LogP contribution in [0.5, 0.6) is 0 Å². The van der Waals surface area contributed by atoms with E-state index in [0.29, 0.717) is 23.7 Å². The minimum absolute atomic E-state index is 0.0245.